The molecule has 9 heteroatoms. The summed E-state index contributed by atoms with van der Waals surface area (Å²) in [6.45, 7) is 11.3. The van der Waals surface area contributed by atoms with Crippen LogP contribution in [0.15, 0.2) is 72.6 Å². The molecule has 0 radical (unpaired) electrons. The molecule has 0 unspecified atom stereocenters. The van der Waals surface area contributed by atoms with Gasteiger partial charge >= 0.3 is 6.09 Å². The van der Waals surface area contributed by atoms with Crippen LogP contribution in [0, 0.1) is 11.2 Å². The average molecular weight is 639 g/mol. The van der Waals surface area contributed by atoms with Gasteiger partial charge in [-0.1, -0.05) is 42.0 Å². The third-order valence-electron chi connectivity index (χ3n) is 9.82. The Balaban J connectivity index is 1.03. The zero-order chi connectivity index (χ0) is 33.0. The number of likely N-dealkylation sites (tertiary alicyclic amines) is 1. The van der Waals surface area contributed by atoms with Gasteiger partial charge in [0.2, 0.25) is 0 Å². The van der Waals surface area contributed by atoms with E-state index in [-0.39, 0.29) is 34.9 Å². The molecule has 7 rings (SSSR count). The van der Waals surface area contributed by atoms with Crippen LogP contribution < -0.4 is 10.2 Å². The van der Waals surface area contributed by atoms with E-state index in [1.54, 1.807) is 11.1 Å². The Morgan fingerprint density at radius 1 is 0.957 bits per heavy atom. The van der Waals surface area contributed by atoms with Crippen molar-refractivity contribution in [2.24, 2.45) is 5.41 Å². The van der Waals surface area contributed by atoms with Gasteiger partial charge in [-0.25, -0.2) is 9.18 Å². The summed E-state index contributed by atoms with van der Waals surface area (Å²) in [7, 11) is 0. The van der Waals surface area contributed by atoms with E-state index in [9.17, 15) is 14.0 Å². The molecule has 0 bridgehead atoms. The van der Waals surface area contributed by atoms with Gasteiger partial charge in [-0.2, -0.15) is 0 Å². The van der Waals surface area contributed by atoms with Gasteiger partial charge in [0.05, 0.1) is 35.7 Å². The van der Waals surface area contributed by atoms with Crippen LogP contribution in [0.25, 0.3) is 5.57 Å². The molecule has 1 aromatic heterocycles. The molecular weight excluding hydrogens is 595 g/mol. The SMILES string of the molecule is C[C@@H](NC(=O)c1cncc(N2CCOC3(CC3)C2)c1)c1ccc(C(=C2CC3(C2)CN(C(=O)OC(C)(C)C)C3)c2ccc(F)cc2)cc1. The number of benzene rings is 2. The maximum atomic E-state index is 13.9. The van der Waals surface area contributed by atoms with Crippen LogP contribution in [0.5, 0.6) is 0 Å². The van der Waals surface area contributed by atoms with Crippen molar-refractivity contribution in [3.8, 4) is 0 Å². The second-order valence-electron chi connectivity index (χ2n) is 14.9. The molecule has 3 aromatic rings. The summed E-state index contributed by atoms with van der Waals surface area (Å²) in [5.74, 6) is -0.437. The van der Waals surface area contributed by atoms with Gasteiger partial charge in [-0.05, 0) is 93.8 Å². The number of ether oxygens (including phenoxy) is 2. The number of carbonyl (C=O) groups is 2. The molecule has 2 saturated carbocycles. The lowest BCUT2D eigenvalue weighted by Gasteiger charge is -2.57. The van der Waals surface area contributed by atoms with Crippen molar-refractivity contribution < 1.29 is 23.5 Å². The van der Waals surface area contributed by atoms with Crippen LogP contribution in [0.3, 0.4) is 0 Å². The predicted octanol–water partition coefficient (Wildman–Crippen LogP) is 6.91. The van der Waals surface area contributed by atoms with Crippen LogP contribution >= 0.6 is 0 Å². The smallest absolute Gasteiger partial charge is 0.410 e. The first-order chi connectivity index (χ1) is 22.4. The molecule has 1 atom stereocenters. The first kappa shape index (κ1) is 31.4. The number of nitrogens with one attached hydrogen (secondary N) is 1. The highest BCUT2D eigenvalue weighted by atomic mass is 19.1. The first-order valence-electron chi connectivity index (χ1n) is 16.6. The normalized spacial score (nSPS) is 19.9. The lowest BCUT2D eigenvalue weighted by Crippen LogP contribution is -2.62. The Hall–Kier alpha value is -4.24. The van der Waals surface area contributed by atoms with Gasteiger partial charge in [0.25, 0.3) is 5.91 Å². The van der Waals surface area contributed by atoms with E-state index in [0.29, 0.717) is 25.3 Å². The van der Waals surface area contributed by atoms with E-state index in [0.717, 1.165) is 66.7 Å². The standard InChI is InChI=1S/C38H43FN4O4/c1-25(41-34(44)29-17-32(21-40-20-29)42-15-16-46-38(24-42)13-14-38)26-5-7-27(8-6-26)33(28-9-11-31(39)12-10-28)30-18-37(19-30)22-43(23-37)35(45)47-36(2,3)4/h5-12,17,20-21,25H,13-16,18-19,22-24H2,1-4H3,(H,41,44)/t25-/m1/s1. The maximum absolute atomic E-state index is 13.9. The molecule has 4 aliphatic rings. The Morgan fingerprint density at radius 3 is 2.26 bits per heavy atom. The van der Waals surface area contributed by atoms with Crippen molar-refractivity contribution in [3.05, 3.63) is 101 Å². The number of hydrogen-bond donors (Lipinski definition) is 1. The fraction of sp³-hybridized carbons (Fsp3) is 0.447. The molecule has 3 heterocycles. The average Bonchev–Trinajstić information content (AvgIpc) is 3.75. The molecular formula is C38H43FN4O4. The lowest BCUT2D eigenvalue weighted by molar-refractivity contribution is -0.0500. The van der Waals surface area contributed by atoms with Crippen molar-refractivity contribution in [3.63, 3.8) is 0 Å². The van der Waals surface area contributed by atoms with Gasteiger partial charge in [-0.15, -0.1) is 0 Å². The number of pyridine rings is 1. The molecule has 2 saturated heterocycles. The van der Waals surface area contributed by atoms with Crippen LogP contribution in [-0.4, -0.2) is 65.9 Å². The minimum absolute atomic E-state index is 0.00999. The third-order valence-corrected chi connectivity index (χ3v) is 9.82. The molecule has 2 amide bonds. The van der Waals surface area contributed by atoms with Crippen LogP contribution in [0.1, 0.15) is 86.5 Å². The zero-order valence-electron chi connectivity index (χ0n) is 27.6. The maximum Gasteiger partial charge on any atom is 0.410 e. The summed E-state index contributed by atoms with van der Waals surface area (Å²) in [4.78, 5) is 34.2. The summed E-state index contributed by atoms with van der Waals surface area (Å²) in [5, 5.41) is 3.14. The summed E-state index contributed by atoms with van der Waals surface area (Å²) < 4.78 is 25.4. The molecule has 47 heavy (non-hydrogen) atoms. The Labute approximate surface area is 276 Å². The largest absolute Gasteiger partial charge is 0.444 e. The minimum Gasteiger partial charge on any atom is -0.444 e. The van der Waals surface area contributed by atoms with Crippen LogP contribution in [-0.2, 0) is 9.47 Å². The Morgan fingerprint density at radius 2 is 1.62 bits per heavy atom. The van der Waals surface area contributed by atoms with Crippen LogP contribution in [0.2, 0.25) is 0 Å². The number of rotatable bonds is 6. The van der Waals surface area contributed by atoms with Crippen molar-refractivity contribution in [2.45, 2.75) is 70.6 Å². The zero-order valence-corrected chi connectivity index (χ0v) is 27.6. The number of nitrogens with zero attached hydrogens (tertiary/aromatic N) is 3. The second kappa shape index (κ2) is 11.8. The van der Waals surface area contributed by atoms with E-state index in [1.807, 2.05) is 64.2 Å². The van der Waals surface area contributed by atoms with E-state index < -0.39 is 5.60 Å². The highest BCUT2D eigenvalue weighted by molar-refractivity contribution is 5.95. The van der Waals surface area contributed by atoms with Gasteiger partial charge in [0.1, 0.15) is 11.4 Å². The molecule has 2 aliphatic carbocycles. The number of anilines is 1. The second-order valence-corrected chi connectivity index (χ2v) is 14.9. The van der Waals surface area contributed by atoms with Gasteiger partial charge < -0.3 is 24.6 Å². The van der Waals surface area contributed by atoms with E-state index >= 15 is 0 Å². The number of carbonyl (C=O) groups excluding carboxylic acids is 2. The fourth-order valence-electron chi connectivity index (χ4n) is 7.20. The molecule has 4 fully saturated rings. The molecule has 246 valence electrons. The first-order valence-corrected chi connectivity index (χ1v) is 16.6. The third kappa shape index (κ3) is 6.63. The molecule has 8 nitrogen and oxygen atoms in total. The van der Waals surface area contributed by atoms with Gasteiger partial charge in [-0.3, -0.25) is 9.78 Å². The lowest BCUT2D eigenvalue weighted by atomic mass is 9.59. The topological polar surface area (TPSA) is 84.0 Å². The van der Waals surface area contributed by atoms with E-state index in [4.69, 9.17) is 9.47 Å². The number of halogens is 1. The highest BCUT2D eigenvalue weighted by Gasteiger charge is 2.53. The Bertz CT molecular complexity index is 1690. The van der Waals surface area contributed by atoms with Crippen molar-refractivity contribution in [1.82, 2.24) is 15.2 Å². The predicted molar refractivity (Wildman–Crippen MR) is 179 cm³/mol. The van der Waals surface area contributed by atoms with Crippen LogP contribution in [0.4, 0.5) is 14.9 Å². The van der Waals surface area contributed by atoms with Crippen molar-refractivity contribution >= 4 is 23.3 Å². The quantitative estimate of drug-likeness (QED) is 0.316. The molecule has 2 spiro atoms. The molecule has 1 N–H and O–H groups in total. The molecule has 2 aliphatic heterocycles. The minimum atomic E-state index is -0.516. The fourth-order valence-corrected chi connectivity index (χ4v) is 7.20. The number of aromatic nitrogens is 1. The summed E-state index contributed by atoms with van der Waals surface area (Å²) in [5.41, 5.74) is 6.43. The van der Waals surface area contributed by atoms with Crippen molar-refractivity contribution in [1.29, 1.82) is 0 Å². The van der Waals surface area contributed by atoms with E-state index in [1.165, 1.54) is 17.7 Å². The number of morpholine rings is 1. The number of amides is 2. The van der Waals surface area contributed by atoms with Gasteiger partial charge in [0.15, 0.2) is 0 Å². The summed E-state index contributed by atoms with van der Waals surface area (Å²) >= 11 is 0. The molecule has 2 aromatic carbocycles. The Kier molecular flexibility index (Phi) is 7.86. The number of allylic oxidation sites excluding steroid dienone is 1. The van der Waals surface area contributed by atoms with Gasteiger partial charge in [0, 0.05) is 37.8 Å². The highest BCUT2D eigenvalue weighted by Crippen LogP contribution is 2.55. The number of hydrogen-bond acceptors (Lipinski definition) is 6. The summed E-state index contributed by atoms with van der Waals surface area (Å²) in [6.07, 6.45) is 7.11. The van der Waals surface area contributed by atoms with Crippen molar-refractivity contribution in [2.75, 3.05) is 37.7 Å². The monoisotopic (exact) mass is 638 g/mol. The summed E-state index contributed by atoms with van der Waals surface area (Å²) in [6, 6.07) is 16.6. The van der Waals surface area contributed by atoms with E-state index in [2.05, 4.69) is 27.3 Å².